The third kappa shape index (κ3) is 3.94. The van der Waals surface area contributed by atoms with Crippen molar-refractivity contribution >= 4 is 34.6 Å². The van der Waals surface area contributed by atoms with Gasteiger partial charge in [0.1, 0.15) is 5.78 Å². The lowest BCUT2D eigenvalue weighted by atomic mass is 9.97. The molecule has 1 amide bonds. The largest absolute Gasteiger partial charge is 0.378 e. The molecule has 3 heterocycles. The van der Waals surface area contributed by atoms with Crippen LogP contribution in [0.1, 0.15) is 31.2 Å². The molecule has 4 rings (SSSR count). The van der Waals surface area contributed by atoms with Gasteiger partial charge in [0.25, 0.3) is 0 Å². The van der Waals surface area contributed by atoms with Crippen LogP contribution >= 0.6 is 22.9 Å². The Morgan fingerprint density at radius 3 is 2.59 bits per heavy atom. The van der Waals surface area contributed by atoms with Crippen molar-refractivity contribution in [3.8, 4) is 0 Å². The minimum atomic E-state index is -0.428. The van der Waals surface area contributed by atoms with E-state index in [0.717, 1.165) is 53.6 Å². The van der Waals surface area contributed by atoms with Crippen LogP contribution in [0.2, 0.25) is 5.02 Å². The molecule has 0 unspecified atom stereocenters. The molecule has 0 aliphatic carbocycles. The fraction of sp³-hybridized carbons (Fsp3) is 0.400. The Labute approximate surface area is 167 Å². The summed E-state index contributed by atoms with van der Waals surface area (Å²) in [7, 11) is 0. The first-order valence-corrected chi connectivity index (χ1v) is 10.2. The van der Waals surface area contributed by atoms with Crippen molar-refractivity contribution in [1.82, 2.24) is 4.90 Å². The lowest BCUT2D eigenvalue weighted by molar-refractivity contribution is -0.117. The van der Waals surface area contributed by atoms with Gasteiger partial charge in [0, 0.05) is 40.7 Å². The first kappa shape index (κ1) is 18.6. The van der Waals surface area contributed by atoms with Gasteiger partial charge in [-0.3, -0.25) is 14.5 Å². The van der Waals surface area contributed by atoms with E-state index in [2.05, 4.69) is 4.90 Å². The van der Waals surface area contributed by atoms with Crippen LogP contribution in [0.3, 0.4) is 0 Å². The summed E-state index contributed by atoms with van der Waals surface area (Å²) in [5.74, 6) is -0.357. The minimum Gasteiger partial charge on any atom is -0.378 e. The lowest BCUT2D eigenvalue weighted by Crippen LogP contribution is -2.50. The van der Waals surface area contributed by atoms with E-state index in [9.17, 15) is 9.59 Å². The van der Waals surface area contributed by atoms with Gasteiger partial charge >= 0.3 is 0 Å². The van der Waals surface area contributed by atoms with E-state index in [0.29, 0.717) is 23.0 Å². The number of nitrogens with two attached hydrogens (primary N) is 1. The van der Waals surface area contributed by atoms with E-state index in [1.807, 2.05) is 12.1 Å². The zero-order valence-corrected chi connectivity index (χ0v) is 16.4. The summed E-state index contributed by atoms with van der Waals surface area (Å²) in [6.45, 7) is 3.25. The van der Waals surface area contributed by atoms with E-state index >= 15 is 0 Å². The van der Waals surface area contributed by atoms with E-state index < -0.39 is 5.91 Å². The second-order valence-corrected chi connectivity index (χ2v) is 8.72. The maximum absolute atomic E-state index is 12.6. The summed E-state index contributed by atoms with van der Waals surface area (Å²) in [5.41, 5.74) is 8.20. The Morgan fingerprint density at radius 1 is 1.22 bits per heavy atom. The zero-order valence-electron chi connectivity index (χ0n) is 14.9. The molecule has 1 fully saturated rings. The number of amides is 1. The Balaban J connectivity index is 1.51. The van der Waals surface area contributed by atoms with Gasteiger partial charge in [-0.15, -0.1) is 11.3 Å². The van der Waals surface area contributed by atoms with Crippen LogP contribution < -0.4 is 5.73 Å². The normalized spacial score (nSPS) is 17.4. The molecule has 0 bridgehead atoms. The molecule has 7 heteroatoms. The molecular weight excluding hydrogens is 384 g/mol. The summed E-state index contributed by atoms with van der Waals surface area (Å²) in [4.78, 5) is 29.0. The molecule has 1 aromatic carbocycles. The van der Waals surface area contributed by atoms with Gasteiger partial charge in [-0.2, -0.15) is 0 Å². The second-order valence-electron chi connectivity index (χ2n) is 7.10. The zero-order chi connectivity index (χ0) is 19.0. The third-order valence-electron chi connectivity index (χ3n) is 5.21. The van der Waals surface area contributed by atoms with Crippen LogP contribution in [-0.2, 0) is 35.3 Å². The number of thiophene rings is 1. The molecule has 2 aliphatic heterocycles. The summed E-state index contributed by atoms with van der Waals surface area (Å²) in [6, 6.07) is 7.73. The average Bonchev–Trinajstić information content (AvgIpc) is 2.92. The molecule has 2 N–H and O–H groups in total. The number of rotatable bonds is 6. The number of hydrogen-bond acceptors (Lipinski definition) is 5. The summed E-state index contributed by atoms with van der Waals surface area (Å²) in [6.07, 6.45) is 1.36. The molecule has 0 radical (unpaired) electrons. The summed E-state index contributed by atoms with van der Waals surface area (Å²) in [5, 5.41) is 0.648. The molecule has 1 aromatic heterocycles. The van der Waals surface area contributed by atoms with Crippen molar-refractivity contribution in [2.75, 3.05) is 19.8 Å². The highest BCUT2D eigenvalue weighted by Gasteiger charge is 2.32. The van der Waals surface area contributed by atoms with Crippen molar-refractivity contribution < 1.29 is 14.3 Å². The number of halogens is 1. The lowest BCUT2D eigenvalue weighted by Gasteiger charge is -2.39. The van der Waals surface area contributed by atoms with Gasteiger partial charge in [-0.25, -0.2) is 0 Å². The summed E-state index contributed by atoms with van der Waals surface area (Å²) < 4.78 is 5.29. The number of benzene rings is 1. The number of ether oxygens (including phenoxy) is 1. The van der Waals surface area contributed by atoms with E-state index in [4.69, 9.17) is 22.1 Å². The fourth-order valence-electron chi connectivity index (χ4n) is 3.71. The average molecular weight is 405 g/mol. The van der Waals surface area contributed by atoms with Crippen LogP contribution in [0.25, 0.3) is 0 Å². The number of hydrogen-bond donors (Lipinski definition) is 1. The highest BCUT2D eigenvalue weighted by molar-refractivity contribution is 7.12. The Hall–Kier alpha value is -1.73. The smallest absolute Gasteiger partial charge is 0.250 e. The van der Waals surface area contributed by atoms with E-state index in [-0.39, 0.29) is 12.2 Å². The van der Waals surface area contributed by atoms with Crippen LogP contribution in [0.4, 0.5) is 0 Å². The maximum atomic E-state index is 12.6. The monoisotopic (exact) mass is 404 g/mol. The summed E-state index contributed by atoms with van der Waals surface area (Å²) >= 11 is 7.46. The maximum Gasteiger partial charge on any atom is 0.250 e. The topological polar surface area (TPSA) is 72.6 Å². The van der Waals surface area contributed by atoms with Crippen LogP contribution in [0.15, 0.2) is 24.3 Å². The number of nitrogens with zero attached hydrogens (tertiary/aromatic N) is 1. The number of primary amides is 1. The van der Waals surface area contributed by atoms with Crippen molar-refractivity contribution in [2.24, 2.45) is 5.73 Å². The molecule has 0 spiro atoms. The van der Waals surface area contributed by atoms with Gasteiger partial charge in [0.15, 0.2) is 0 Å². The van der Waals surface area contributed by atoms with Crippen molar-refractivity contribution in [2.45, 2.75) is 31.8 Å². The Bertz CT molecular complexity index is 874. The third-order valence-corrected chi connectivity index (χ3v) is 6.68. The van der Waals surface area contributed by atoms with Gasteiger partial charge in [0.2, 0.25) is 5.91 Å². The molecule has 2 aliphatic rings. The van der Waals surface area contributed by atoms with Gasteiger partial charge in [-0.1, -0.05) is 23.7 Å². The van der Waals surface area contributed by atoms with Crippen molar-refractivity contribution in [1.29, 1.82) is 0 Å². The molecule has 5 nitrogen and oxygen atoms in total. The molecule has 1 saturated heterocycles. The first-order chi connectivity index (χ1) is 13.0. The molecule has 0 atom stereocenters. The number of fused-ring (bicyclic) bond motifs is 1. The van der Waals surface area contributed by atoms with Crippen molar-refractivity contribution in [3.05, 3.63) is 55.7 Å². The molecule has 2 aromatic rings. The molecule has 142 valence electrons. The number of carbonyl (C=O) groups is 2. The predicted octanol–water partition coefficient (Wildman–Crippen LogP) is 2.61. The van der Waals surface area contributed by atoms with Crippen LogP contribution in [0, 0.1) is 0 Å². The van der Waals surface area contributed by atoms with Crippen LogP contribution in [0.5, 0.6) is 0 Å². The van der Waals surface area contributed by atoms with Gasteiger partial charge < -0.3 is 10.5 Å². The molecule has 0 saturated carbocycles. The van der Waals surface area contributed by atoms with Gasteiger partial charge in [0.05, 0.1) is 24.8 Å². The highest BCUT2D eigenvalue weighted by atomic mass is 35.5. The molecule has 27 heavy (non-hydrogen) atoms. The van der Waals surface area contributed by atoms with E-state index in [1.165, 1.54) is 0 Å². The first-order valence-electron chi connectivity index (χ1n) is 9.02. The molecular formula is C20H21ClN2O3S. The number of Topliss-reactive ketones (excluding diaryl/α,β-unsaturated/α-hetero) is 1. The Morgan fingerprint density at radius 2 is 1.96 bits per heavy atom. The van der Waals surface area contributed by atoms with Gasteiger partial charge in [-0.05, 0) is 29.7 Å². The van der Waals surface area contributed by atoms with Crippen molar-refractivity contribution in [3.63, 3.8) is 0 Å². The number of carbonyl (C=O) groups excluding carboxylic acids is 2. The van der Waals surface area contributed by atoms with Crippen LogP contribution in [-0.4, -0.2) is 42.4 Å². The minimum absolute atomic E-state index is 0.0719. The predicted molar refractivity (Wildman–Crippen MR) is 105 cm³/mol. The number of ketones is 1. The highest BCUT2D eigenvalue weighted by Crippen LogP contribution is 2.35. The fourth-order valence-corrected chi connectivity index (χ4v) is 5.25. The van der Waals surface area contributed by atoms with E-state index in [1.54, 1.807) is 23.5 Å². The standard InChI is InChI=1S/C20H21ClN2O3S/c21-13-3-1-12(2-4-13)7-15(24)8-17-19(20(22)25)16-5-6-23(9-18(16)27-17)14-10-26-11-14/h1-4,14H,5-11H2,(H2,22,25). The Kier molecular flexibility index (Phi) is 5.32. The SMILES string of the molecule is NC(=O)c1c(CC(=O)Cc2ccc(Cl)cc2)sc2c1CCN(C1COC1)C2. The second kappa shape index (κ2) is 7.72. The quantitative estimate of drug-likeness (QED) is 0.803.